The normalized spacial score (nSPS) is 28.3. The molecule has 9 heteroatoms. The van der Waals surface area contributed by atoms with Gasteiger partial charge in [-0.05, 0) is 30.4 Å². The van der Waals surface area contributed by atoms with E-state index in [1.807, 2.05) is 60.7 Å². The van der Waals surface area contributed by atoms with Crippen molar-refractivity contribution in [2.75, 3.05) is 19.8 Å². The van der Waals surface area contributed by atoms with Crippen molar-refractivity contribution < 1.29 is 24.2 Å². The molecule has 3 aliphatic heterocycles. The molecule has 1 spiro atoms. The van der Waals surface area contributed by atoms with Crippen LogP contribution in [-0.4, -0.2) is 79.4 Å². The second-order valence-corrected chi connectivity index (χ2v) is 13.9. The fourth-order valence-corrected chi connectivity index (χ4v) is 10.4. The monoisotopic (exact) mass is 652 g/mol. The smallest absolute Gasteiger partial charge is 0.310 e. The topological polar surface area (TPSA) is 87.1 Å². The third-order valence-corrected chi connectivity index (χ3v) is 11.8. The van der Waals surface area contributed by atoms with Crippen molar-refractivity contribution >= 4 is 45.5 Å². The summed E-state index contributed by atoms with van der Waals surface area (Å²) in [5.74, 6) is -2.29. The first-order chi connectivity index (χ1) is 20.4. The number of rotatable bonds is 13. The maximum absolute atomic E-state index is 14.7. The number of alkyl halides is 1. The molecular formula is C33H37BrN2O5S. The predicted octanol–water partition coefficient (Wildman–Crippen LogP) is 4.39. The molecule has 3 aliphatic rings. The Hall–Kier alpha value is -2.88. The number of carbonyl (C=O) groups is 3. The van der Waals surface area contributed by atoms with Gasteiger partial charge in [0.1, 0.15) is 6.04 Å². The Morgan fingerprint density at radius 1 is 1.12 bits per heavy atom. The summed E-state index contributed by atoms with van der Waals surface area (Å²) in [4.78, 5) is 46.1. The van der Waals surface area contributed by atoms with E-state index >= 15 is 0 Å². The van der Waals surface area contributed by atoms with Crippen LogP contribution in [0.4, 0.5) is 0 Å². The minimum absolute atomic E-state index is 0.0672. The molecule has 5 rings (SSSR count). The third kappa shape index (κ3) is 5.58. The van der Waals surface area contributed by atoms with Gasteiger partial charge in [0.05, 0.1) is 35.8 Å². The molecule has 0 radical (unpaired) electrons. The first kappa shape index (κ1) is 30.6. The lowest BCUT2D eigenvalue weighted by molar-refractivity contribution is -0.154. The molecule has 0 saturated carbocycles. The lowest BCUT2D eigenvalue weighted by atomic mass is 9.71. The van der Waals surface area contributed by atoms with Crippen molar-refractivity contribution in [3.05, 3.63) is 97.1 Å². The summed E-state index contributed by atoms with van der Waals surface area (Å²) in [7, 11) is 0. The zero-order valence-corrected chi connectivity index (χ0v) is 25.9. The van der Waals surface area contributed by atoms with Crippen molar-refractivity contribution in [2.24, 2.45) is 11.8 Å². The molecular weight excluding hydrogens is 616 g/mol. The fourth-order valence-electron chi connectivity index (χ4n) is 6.85. The molecule has 222 valence electrons. The van der Waals surface area contributed by atoms with E-state index in [2.05, 4.69) is 29.1 Å². The molecule has 1 N–H and O–H groups in total. The summed E-state index contributed by atoms with van der Waals surface area (Å²) < 4.78 is 4.79. The largest absolute Gasteiger partial charge is 0.465 e. The van der Waals surface area contributed by atoms with E-state index in [4.69, 9.17) is 4.74 Å². The summed E-state index contributed by atoms with van der Waals surface area (Å²) in [6, 6.07) is 17.9. The van der Waals surface area contributed by atoms with Gasteiger partial charge in [0, 0.05) is 23.2 Å². The number of thioether (sulfide) groups is 1. The molecule has 7 atom stereocenters. The van der Waals surface area contributed by atoms with Gasteiger partial charge in [0.2, 0.25) is 11.8 Å². The van der Waals surface area contributed by atoms with Crippen LogP contribution in [0.3, 0.4) is 0 Å². The van der Waals surface area contributed by atoms with Crippen LogP contribution in [0.1, 0.15) is 24.0 Å². The molecule has 2 amide bonds. The van der Waals surface area contributed by atoms with E-state index in [9.17, 15) is 19.5 Å². The van der Waals surface area contributed by atoms with Gasteiger partial charge in [-0.25, -0.2) is 0 Å². The van der Waals surface area contributed by atoms with E-state index in [0.29, 0.717) is 32.4 Å². The van der Waals surface area contributed by atoms with E-state index in [0.717, 1.165) is 11.1 Å². The van der Waals surface area contributed by atoms with Gasteiger partial charge < -0.3 is 19.6 Å². The number of fused-ring (bicyclic) bond motifs is 1. The lowest BCUT2D eigenvalue weighted by Crippen LogP contribution is -2.58. The second-order valence-electron chi connectivity index (χ2n) is 11.2. The molecule has 7 nitrogen and oxygen atoms in total. The SMILES string of the molecule is C=CCCOC(=O)[C@H]1[C@H]2C(=O)N([C@@H](CO)Cc3ccccc3)C(C(=O)N(CC=C)Cc3ccccc3)C23CC(Br)[C@@H]1S3. The number of ether oxygens (including phenoxy) is 1. The minimum atomic E-state index is -0.861. The Morgan fingerprint density at radius 3 is 2.40 bits per heavy atom. The van der Waals surface area contributed by atoms with Gasteiger partial charge in [0.15, 0.2) is 0 Å². The number of esters is 1. The molecule has 0 aliphatic carbocycles. The third-order valence-electron chi connectivity index (χ3n) is 8.60. The number of halogens is 1. The molecule has 3 saturated heterocycles. The standard InChI is InChI=1S/C33H37BrN2O5S/c1-3-5-17-41-32(40)26-27-30(38)36(24(21-37)18-22-12-8-6-9-13-22)29(33(27)19-25(34)28(26)42-33)31(39)35(16-4-2)20-23-14-10-7-11-15-23/h3-4,6-15,24-29,37H,1-2,5,16-21H2/t24-,25?,26+,27+,28+,29?,33?/m1/s1. The molecule has 2 aromatic carbocycles. The first-order valence-corrected chi connectivity index (χ1v) is 16.2. The number of benzene rings is 2. The molecule has 42 heavy (non-hydrogen) atoms. The van der Waals surface area contributed by atoms with Crippen molar-refractivity contribution in [2.45, 2.75) is 52.7 Å². The zero-order chi connectivity index (χ0) is 29.9. The van der Waals surface area contributed by atoms with Gasteiger partial charge in [-0.2, -0.15) is 0 Å². The summed E-state index contributed by atoms with van der Waals surface area (Å²) in [6.07, 6.45) is 4.83. The maximum atomic E-state index is 14.7. The molecule has 3 unspecified atom stereocenters. The van der Waals surface area contributed by atoms with E-state index in [-0.39, 0.29) is 35.1 Å². The van der Waals surface area contributed by atoms with Crippen LogP contribution in [-0.2, 0) is 32.1 Å². The number of carbonyl (C=O) groups excluding carboxylic acids is 3. The summed E-state index contributed by atoms with van der Waals surface area (Å²) in [5.41, 5.74) is 1.92. The van der Waals surface area contributed by atoms with Gasteiger partial charge in [-0.3, -0.25) is 14.4 Å². The van der Waals surface area contributed by atoms with Gasteiger partial charge in [-0.1, -0.05) is 88.7 Å². The Bertz CT molecular complexity index is 1310. The van der Waals surface area contributed by atoms with Crippen LogP contribution in [0, 0.1) is 11.8 Å². The Kier molecular flexibility index (Phi) is 9.60. The molecule has 3 fully saturated rings. The second kappa shape index (κ2) is 13.2. The Balaban J connectivity index is 1.56. The highest BCUT2D eigenvalue weighted by Crippen LogP contribution is 2.68. The van der Waals surface area contributed by atoms with E-state index < -0.39 is 34.6 Å². The highest BCUT2D eigenvalue weighted by molar-refractivity contribution is 9.09. The van der Waals surface area contributed by atoms with Crippen molar-refractivity contribution in [3.63, 3.8) is 0 Å². The van der Waals surface area contributed by atoms with Gasteiger partial charge in [0.25, 0.3) is 0 Å². The number of hydrogen-bond acceptors (Lipinski definition) is 6. The Morgan fingerprint density at radius 2 is 1.79 bits per heavy atom. The zero-order valence-electron chi connectivity index (χ0n) is 23.5. The van der Waals surface area contributed by atoms with Crippen molar-refractivity contribution in [1.29, 1.82) is 0 Å². The van der Waals surface area contributed by atoms with Crippen LogP contribution in [0.25, 0.3) is 0 Å². The summed E-state index contributed by atoms with van der Waals surface area (Å²) in [5, 5.41) is 10.5. The van der Waals surface area contributed by atoms with E-state index in [1.165, 1.54) is 0 Å². The predicted molar refractivity (Wildman–Crippen MR) is 168 cm³/mol. The summed E-state index contributed by atoms with van der Waals surface area (Å²) >= 11 is 5.37. The maximum Gasteiger partial charge on any atom is 0.310 e. The highest BCUT2D eigenvalue weighted by atomic mass is 79.9. The Labute approximate surface area is 260 Å². The lowest BCUT2D eigenvalue weighted by Gasteiger charge is -2.40. The average Bonchev–Trinajstić information content (AvgIpc) is 3.60. The highest BCUT2D eigenvalue weighted by Gasteiger charge is 2.76. The van der Waals surface area contributed by atoms with Crippen LogP contribution >= 0.6 is 27.7 Å². The van der Waals surface area contributed by atoms with Crippen LogP contribution < -0.4 is 0 Å². The van der Waals surface area contributed by atoms with Gasteiger partial charge >= 0.3 is 5.97 Å². The van der Waals surface area contributed by atoms with Crippen molar-refractivity contribution in [1.82, 2.24) is 9.80 Å². The molecule has 3 heterocycles. The molecule has 2 aromatic rings. The van der Waals surface area contributed by atoms with Gasteiger partial charge in [-0.15, -0.1) is 24.9 Å². The van der Waals surface area contributed by atoms with Crippen LogP contribution in [0.15, 0.2) is 86.0 Å². The number of hydrogen-bond donors (Lipinski definition) is 1. The number of aliphatic hydroxyl groups excluding tert-OH is 1. The molecule has 0 aromatic heterocycles. The number of amides is 2. The first-order valence-electron chi connectivity index (χ1n) is 14.4. The summed E-state index contributed by atoms with van der Waals surface area (Å²) in [6.45, 7) is 8.13. The van der Waals surface area contributed by atoms with E-state index in [1.54, 1.807) is 33.7 Å². The van der Waals surface area contributed by atoms with Crippen LogP contribution in [0.5, 0.6) is 0 Å². The quantitative estimate of drug-likeness (QED) is 0.150. The number of aliphatic hydroxyl groups is 1. The number of nitrogens with zero attached hydrogens (tertiary/aromatic N) is 2. The fraction of sp³-hybridized carbons (Fsp3) is 0.424. The minimum Gasteiger partial charge on any atom is -0.465 e. The number of likely N-dealkylation sites (tertiary alicyclic amines) is 1. The molecule has 2 bridgehead atoms. The van der Waals surface area contributed by atoms with Crippen molar-refractivity contribution in [3.8, 4) is 0 Å². The van der Waals surface area contributed by atoms with Crippen LogP contribution in [0.2, 0.25) is 0 Å². The average molecular weight is 654 g/mol.